The van der Waals surface area contributed by atoms with Gasteiger partial charge in [-0.25, -0.2) is 4.98 Å². The van der Waals surface area contributed by atoms with Gasteiger partial charge in [0.05, 0.1) is 11.0 Å². The van der Waals surface area contributed by atoms with E-state index < -0.39 is 0 Å². The fourth-order valence-corrected chi connectivity index (χ4v) is 2.47. The maximum absolute atomic E-state index is 12.0. The molecule has 0 saturated carbocycles. The number of halogens is 2. The van der Waals surface area contributed by atoms with Gasteiger partial charge in [-0.15, -0.1) is 24.8 Å². The summed E-state index contributed by atoms with van der Waals surface area (Å²) in [5.41, 5.74) is 2.02. The van der Waals surface area contributed by atoms with Crippen LogP contribution in [0.2, 0.25) is 0 Å². The van der Waals surface area contributed by atoms with Crippen LogP contribution in [0, 0.1) is 11.8 Å². The van der Waals surface area contributed by atoms with Crippen molar-refractivity contribution in [2.24, 2.45) is 11.8 Å². The van der Waals surface area contributed by atoms with Crippen LogP contribution in [0.3, 0.4) is 0 Å². The predicted molar refractivity (Wildman–Crippen MR) is 92.8 cm³/mol. The van der Waals surface area contributed by atoms with Crippen molar-refractivity contribution in [1.29, 1.82) is 0 Å². The van der Waals surface area contributed by atoms with Crippen molar-refractivity contribution in [2.75, 3.05) is 19.6 Å². The molecule has 1 atom stereocenters. The Balaban J connectivity index is 0.00000121. The Morgan fingerprint density at radius 3 is 2.73 bits per heavy atom. The van der Waals surface area contributed by atoms with Crippen molar-refractivity contribution in [3.8, 4) is 0 Å². The molecule has 0 spiro atoms. The number of nitrogens with zero attached hydrogens (tertiary/aromatic N) is 1. The monoisotopic (exact) mass is 344 g/mol. The van der Waals surface area contributed by atoms with Gasteiger partial charge in [0.2, 0.25) is 5.91 Å². The van der Waals surface area contributed by atoms with Crippen LogP contribution < -0.4 is 10.6 Å². The van der Waals surface area contributed by atoms with Gasteiger partial charge in [0.1, 0.15) is 5.82 Å². The number of carbonyl (C=O) groups is 1. The van der Waals surface area contributed by atoms with Crippen LogP contribution in [0.25, 0.3) is 11.0 Å². The van der Waals surface area contributed by atoms with Gasteiger partial charge < -0.3 is 15.6 Å². The molecule has 2 heterocycles. The zero-order valence-corrected chi connectivity index (χ0v) is 14.1. The Kier molecular flexibility index (Phi) is 7.13. The Labute approximate surface area is 142 Å². The fourth-order valence-electron chi connectivity index (χ4n) is 2.47. The van der Waals surface area contributed by atoms with Gasteiger partial charge >= 0.3 is 0 Å². The van der Waals surface area contributed by atoms with Crippen molar-refractivity contribution in [3.63, 3.8) is 0 Å². The van der Waals surface area contributed by atoms with Gasteiger partial charge in [0.25, 0.3) is 0 Å². The Morgan fingerprint density at radius 1 is 1.36 bits per heavy atom. The molecule has 7 heteroatoms. The number of carbonyl (C=O) groups excluding carboxylic acids is 1. The van der Waals surface area contributed by atoms with Crippen molar-refractivity contribution in [2.45, 2.75) is 13.3 Å². The Morgan fingerprint density at radius 2 is 2.09 bits per heavy atom. The highest BCUT2D eigenvalue weighted by atomic mass is 35.5. The fraction of sp³-hybridized carbons (Fsp3) is 0.467. The normalized spacial score (nSPS) is 15.3. The largest absolute Gasteiger partial charge is 0.355 e. The standard InChI is InChI=1S/C15H20N4O.2ClH/c1-10(11-8-16-9-11)15(20)17-7-6-14-18-12-4-2-3-5-13(12)19-14;;/h2-5,10-11,16H,6-9H2,1H3,(H,17,20)(H,18,19);2*1H. The summed E-state index contributed by atoms with van der Waals surface area (Å²) in [5, 5.41) is 6.20. The van der Waals surface area contributed by atoms with Gasteiger partial charge in [0, 0.05) is 18.9 Å². The second kappa shape index (κ2) is 8.36. The Hall–Kier alpha value is -1.30. The minimum atomic E-state index is 0. The minimum Gasteiger partial charge on any atom is -0.355 e. The number of aromatic nitrogens is 2. The number of para-hydroxylation sites is 2. The van der Waals surface area contributed by atoms with Crippen molar-refractivity contribution in [1.82, 2.24) is 20.6 Å². The molecule has 1 saturated heterocycles. The molecule has 1 aliphatic heterocycles. The third kappa shape index (κ3) is 4.12. The number of imidazole rings is 1. The minimum absolute atomic E-state index is 0. The zero-order chi connectivity index (χ0) is 13.9. The van der Waals surface area contributed by atoms with Gasteiger partial charge in [-0.2, -0.15) is 0 Å². The predicted octanol–water partition coefficient (Wildman–Crippen LogP) is 1.92. The number of H-pyrrole nitrogens is 1. The van der Waals surface area contributed by atoms with E-state index in [0.717, 1.165) is 36.4 Å². The van der Waals surface area contributed by atoms with E-state index in [1.165, 1.54) is 0 Å². The van der Waals surface area contributed by atoms with Crippen molar-refractivity contribution < 1.29 is 4.79 Å². The summed E-state index contributed by atoms with van der Waals surface area (Å²) >= 11 is 0. The third-order valence-electron chi connectivity index (χ3n) is 4.03. The highest BCUT2D eigenvalue weighted by Gasteiger charge is 2.28. The number of benzene rings is 1. The molecular formula is C15H22Cl2N4O. The lowest BCUT2D eigenvalue weighted by Crippen LogP contribution is -2.49. The summed E-state index contributed by atoms with van der Waals surface area (Å²) in [6, 6.07) is 7.96. The zero-order valence-electron chi connectivity index (χ0n) is 12.5. The number of amides is 1. The number of nitrogens with one attached hydrogen (secondary N) is 3. The molecule has 1 fully saturated rings. The molecule has 22 heavy (non-hydrogen) atoms. The summed E-state index contributed by atoms with van der Waals surface area (Å²) in [4.78, 5) is 19.7. The summed E-state index contributed by atoms with van der Waals surface area (Å²) < 4.78 is 0. The molecule has 0 aliphatic carbocycles. The highest BCUT2D eigenvalue weighted by Crippen LogP contribution is 2.15. The first-order valence-electron chi connectivity index (χ1n) is 7.16. The first-order valence-corrected chi connectivity index (χ1v) is 7.16. The van der Waals surface area contributed by atoms with Crippen molar-refractivity contribution >= 4 is 41.8 Å². The molecule has 3 N–H and O–H groups in total. The second-order valence-electron chi connectivity index (χ2n) is 5.45. The van der Waals surface area contributed by atoms with E-state index in [9.17, 15) is 4.79 Å². The molecule has 2 aromatic rings. The van der Waals surface area contributed by atoms with Crippen LogP contribution in [0.1, 0.15) is 12.7 Å². The van der Waals surface area contributed by atoms with Gasteiger partial charge in [-0.05, 0) is 31.1 Å². The van der Waals surface area contributed by atoms with E-state index in [1.807, 2.05) is 31.2 Å². The first-order chi connectivity index (χ1) is 9.74. The summed E-state index contributed by atoms with van der Waals surface area (Å²) in [6.45, 7) is 4.54. The average molecular weight is 345 g/mol. The molecule has 0 radical (unpaired) electrons. The van der Waals surface area contributed by atoms with Crippen LogP contribution in [-0.2, 0) is 11.2 Å². The molecule has 5 nitrogen and oxygen atoms in total. The van der Waals surface area contributed by atoms with E-state index in [4.69, 9.17) is 0 Å². The smallest absolute Gasteiger partial charge is 0.223 e. The van der Waals surface area contributed by atoms with Crippen LogP contribution in [0.15, 0.2) is 24.3 Å². The second-order valence-corrected chi connectivity index (χ2v) is 5.45. The number of aromatic amines is 1. The SMILES string of the molecule is CC(C(=O)NCCc1nc2ccccc2[nH]1)C1CNC1.Cl.Cl. The molecule has 1 aromatic heterocycles. The van der Waals surface area contributed by atoms with Crippen LogP contribution >= 0.6 is 24.8 Å². The molecule has 122 valence electrons. The van der Waals surface area contributed by atoms with Gasteiger partial charge in [0.15, 0.2) is 0 Å². The lowest BCUT2D eigenvalue weighted by molar-refractivity contribution is -0.126. The van der Waals surface area contributed by atoms with E-state index in [0.29, 0.717) is 12.5 Å². The Bertz CT molecular complexity index is 579. The summed E-state index contributed by atoms with van der Waals surface area (Å²) in [6.07, 6.45) is 0.732. The number of hydrogen-bond acceptors (Lipinski definition) is 3. The summed E-state index contributed by atoms with van der Waals surface area (Å²) in [7, 11) is 0. The molecule has 0 bridgehead atoms. The quantitative estimate of drug-likeness (QED) is 0.776. The van der Waals surface area contributed by atoms with Crippen molar-refractivity contribution in [3.05, 3.63) is 30.1 Å². The van der Waals surface area contributed by atoms with E-state index in [1.54, 1.807) is 0 Å². The van der Waals surface area contributed by atoms with E-state index in [-0.39, 0.29) is 36.6 Å². The molecule has 1 amide bonds. The molecule has 1 aromatic carbocycles. The molecule has 1 aliphatic rings. The van der Waals surface area contributed by atoms with Crippen LogP contribution in [-0.4, -0.2) is 35.5 Å². The number of rotatable bonds is 5. The molecule has 3 rings (SSSR count). The topological polar surface area (TPSA) is 69.8 Å². The van der Waals surface area contributed by atoms with Crippen LogP contribution in [0.5, 0.6) is 0 Å². The highest BCUT2D eigenvalue weighted by molar-refractivity contribution is 5.85. The number of fused-ring (bicyclic) bond motifs is 1. The lowest BCUT2D eigenvalue weighted by Gasteiger charge is -2.31. The lowest BCUT2D eigenvalue weighted by atomic mass is 9.88. The van der Waals surface area contributed by atoms with Gasteiger partial charge in [-0.3, -0.25) is 4.79 Å². The number of hydrogen-bond donors (Lipinski definition) is 3. The maximum atomic E-state index is 12.0. The van der Waals surface area contributed by atoms with E-state index in [2.05, 4.69) is 20.6 Å². The third-order valence-corrected chi connectivity index (χ3v) is 4.03. The van der Waals surface area contributed by atoms with E-state index >= 15 is 0 Å². The first kappa shape index (κ1) is 18.7. The maximum Gasteiger partial charge on any atom is 0.223 e. The van der Waals surface area contributed by atoms with Gasteiger partial charge in [-0.1, -0.05) is 19.1 Å². The summed E-state index contributed by atoms with van der Waals surface area (Å²) in [5.74, 6) is 1.64. The molecule has 1 unspecified atom stereocenters. The van der Waals surface area contributed by atoms with Crippen LogP contribution in [0.4, 0.5) is 0 Å². The molecular weight excluding hydrogens is 323 g/mol. The average Bonchev–Trinajstić information content (AvgIpc) is 2.79.